The van der Waals surface area contributed by atoms with E-state index in [4.69, 9.17) is 4.42 Å². The molecule has 3 aromatic heterocycles. The zero-order valence-corrected chi connectivity index (χ0v) is 15.6. The number of hydrogen-bond donors (Lipinski definition) is 0. The summed E-state index contributed by atoms with van der Waals surface area (Å²) in [4.78, 5) is 20.8. The number of carbonyl (C=O) groups excluding carboxylic acids is 1. The molecule has 1 fully saturated rings. The number of thiazole rings is 1. The van der Waals surface area contributed by atoms with E-state index in [0.29, 0.717) is 11.5 Å². The van der Waals surface area contributed by atoms with Gasteiger partial charge in [0.1, 0.15) is 0 Å². The molecular formula is C20H16N2O2S2. The lowest BCUT2D eigenvalue weighted by Gasteiger charge is -2.22. The van der Waals surface area contributed by atoms with E-state index in [1.807, 2.05) is 41.3 Å². The molecule has 0 spiro atoms. The highest BCUT2D eigenvalue weighted by Gasteiger charge is 2.32. The van der Waals surface area contributed by atoms with Crippen LogP contribution in [0.3, 0.4) is 0 Å². The van der Waals surface area contributed by atoms with Gasteiger partial charge in [0.25, 0.3) is 5.91 Å². The Kier molecular flexibility index (Phi) is 3.87. The van der Waals surface area contributed by atoms with Gasteiger partial charge < -0.3 is 9.32 Å². The van der Waals surface area contributed by atoms with E-state index in [-0.39, 0.29) is 11.9 Å². The minimum Gasteiger partial charge on any atom is -0.448 e. The zero-order chi connectivity index (χ0) is 17.5. The maximum atomic E-state index is 13.0. The van der Waals surface area contributed by atoms with Gasteiger partial charge in [0.15, 0.2) is 16.5 Å². The highest BCUT2D eigenvalue weighted by molar-refractivity contribution is 7.21. The second-order valence-electron chi connectivity index (χ2n) is 6.32. The Morgan fingerprint density at radius 2 is 2.08 bits per heavy atom. The number of hydrogen-bond acceptors (Lipinski definition) is 5. The van der Waals surface area contributed by atoms with Crippen molar-refractivity contribution in [1.82, 2.24) is 9.88 Å². The lowest BCUT2D eigenvalue weighted by molar-refractivity contribution is 0.0706. The van der Waals surface area contributed by atoms with E-state index >= 15 is 0 Å². The predicted octanol–water partition coefficient (Wildman–Crippen LogP) is 5.60. The number of thiophene rings is 1. The van der Waals surface area contributed by atoms with Gasteiger partial charge in [0.2, 0.25) is 0 Å². The largest absolute Gasteiger partial charge is 0.448 e. The van der Waals surface area contributed by atoms with Crippen LogP contribution in [0.25, 0.3) is 21.0 Å². The summed E-state index contributed by atoms with van der Waals surface area (Å²) in [5, 5.41) is 2.87. The fourth-order valence-corrected chi connectivity index (χ4v) is 5.27. The summed E-state index contributed by atoms with van der Waals surface area (Å²) in [6, 6.07) is 15.9. The Morgan fingerprint density at radius 3 is 2.92 bits per heavy atom. The predicted molar refractivity (Wildman–Crippen MR) is 105 cm³/mol. The van der Waals surface area contributed by atoms with E-state index in [1.165, 1.54) is 4.88 Å². The molecule has 0 N–H and O–H groups in total. The molecule has 4 aromatic rings. The fraction of sp³-hybridized carbons (Fsp3) is 0.200. The van der Waals surface area contributed by atoms with Crippen LogP contribution in [0.4, 0.5) is 0 Å². The monoisotopic (exact) mass is 380 g/mol. The Balaban J connectivity index is 1.43. The summed E-state index contributed by atoms with van der Waals surface area (Å²) in [7, 11) is 0. The number of furan rings is 1. The van der Waals surface area contributed by atoms with E-state index in [0.717, 1.165) is 34.6 Å². The minimum absolute atomic E-state index is 0.0340. The van der Waals surface area contributed by atoms with Gasteiger partial charge in [-0.2, -0.15) is 0 Å². The average molecular weight is 380 g/mol. The molecule has 0 radical (unpaired) electrons. The summed E-state index contributed by atoms with van der Waals surface area (Å²) < 4.78 is 7.01. The van der Waals surface area contributed by atoms with Crippen LogP contribution >= 0.6 is 22.7 Å². The minimum atomic E-state index is -0.0340. The van der Waals surface area contributed by atoms with Crippen LogP contribution in [-0.4, -0.2) is 22.3 Å². The first-order valence-corrected chi connectivity index (χ1v) is 10.3. The number of para-hydroxylation sites is 1. The lowest BCUT2D eigenvalue weighted by Crippen LogP contribution is -2.29. The Hall–Kier alpha value is -2.44. The maximum Gasteiger partial charge on any atom is 0.290 e. The molecule has 1 aromatic carbocycles. The van der Waals surface area contributed by atoms with Gasteiger partial charge in [-0.3, -0.25) is 4.79 Å². The topological polar surface area (TPSA) is 46.3 Å². The van der Waals surface area contributed by atoms with Crippen molar-refractivity contribution in [1.29, 1.82) is 0 Å². The molecule has 4 nitrogen and oxygen atoms in total. The maximum absolute atomic E-state index is 13.0. The van der Waals surface area contributed by atoms with Gasteiger partial charge in [-0.25, -0.2) is 4.98 Å². The normalized spacial score (nSPS) is 17.2. The molecule has 0 bridgehead atoms. The first-order valence-electron chi connectivity index (χ1n) is 8.60. The number of benzene rings is 1. The summed E-state index contributed by atoms with van der Waals surface area (Å²) >= 11 is 3.29. The SMILES string of the molecule is O=C(c1ccc(-c2nc3ccccc3s2)o1)N1CCCC1c1cccs1. The number of fused-ring (bicyclic) bond motifs is 1. The van der Waals surface area contributed by atoms with Gasteiger partial charge in [0, 0.05) is 11.4 Å². The molecule has 1 amide bonds. The van der Waals surface area contributed by atoms with Gasteiger partial charge in [-0.1, -0.05) is 18.2 Å². The number of amides is 1. The molecule has 6 heteroatoms. The molecular weight excluding hydrogens is 364 g/mol. The van der Waals surface area contributed by atoms with Gasteiger partial charge in [-0.05, 0) is 48.6 Å². The third kappa shape index (κ3) is 2.66. The van der Waals surface area contributed by atoms with Crippen molar-refractivity contribution >= 4 is 38.8 Å². The first kappa shape index (κ1) is 15.8. The molecule has 26 heavy (non-hydrogen) atoms. The Labute approximate surface area is 158 Å². The summed E-state index contributed by atoms with van der Waals surface area (Å²) in [5.74, 6) is 1.01. The number of carbonyl (C=O) groups is 1. The van der Waals surface area contributed by atoms with Crippen molar-refractivity contribution in [3.8, 4) is 10.8 Å². The van der Waals surface area contributed by atoms with E-state index in [9.17, 15) is 4.79 Å². The molecule has 5 rings (SSSR count). The second-order valence-corrected chi connectivity index (χ2v) is 8.33. The Bertz CT molecular complexity index is 1030. The molecule has 130 valence electrons. The first-order chi connectivity index (χ1) is 12.8. The third-order valence-corrected chi connectivity index (χ3v) is 6.73. The lowest BCUT2D eigenvalue weighted by atomic mass is 10.2. The quantitative estimate of drug-likeness (QED) is 0.465. The summed E-state index contributed by atoms with van der Waals surface area (Å²) in [6.45, 7) is 0.776. The molecule has 1 saturated heterocycles. The van der Waals surface area contributed by atoms with E-state index in [1.54, 1.807) is 28.7 Å². The highest BCUT2D eigenvalue weighted by Crippen LogP contribution is 2.36. The van der Waals surface area contributed by atoms with Crippen LogP contribution < -0.4 is 0 Å². The fourth-order valence-electron chi connectivity index (χ4n) is 3.47. The smallest absolute Gasteiger partial charge is 0.290 e. The number of aromatic nitrogens is 1. The van der Waals surface area contributed by atoms with Gasteiger partial charge >= 0.3 is 0 Å². The average Bonchev–Trinajstić information content (AvgIpc) is 3.47. The number of likely N-dealkylation sites (tertiary alicyclic amines) is 1. The van der Waals surface area contributed by atoms with E-state index in [2.05, 4.69) is 16.4 Å². The highest BCUT2D eigenvalue weighted by atomic mass is 32.1. The van der Waals surface area contributed by atoms with Crippen LogP contribution in [-0.2, 0) is 0 Å². The van der Waals surface area contributed by atoms with Crippen molar-refractivity contribution in [2.24, 2.45) is 0 Å². The molecule has 1 atom stereocenters. The standard InChI is InChI=1S/C20H16N2O2S2/c23-20(22-11-3-6-14(22)18-8-4-12-25-18)16-10-9-15(24-16)19-21-13-5-1-2-7-17(13)26-19/h1-2,4-5,7-10,12,14H,3,6,11H2. The number of rotatable bonds is 3. The van der Waals surface area contributed by atoms with Crippen LogP contribution in [0.15, 0.2) is 58.3 Å². The Morgan fingerprint density at radius 1 is 1.15 bits per heavy atom. The van der Waals surface area contributed by atoms with Crippen LogP contribution in [0.5, 0.6) is 0 Å². The van der Waals surface area contributed by atoms with Gasteiger partial charge in [-0.15, -0.1) is 22.7 Å². The molecule has 1 unspecified atom stereocenters. The van der Waals surface area contributed by atoms with Crippen molar-refractivity contribution in [3.63, 3.8) is 0 Å². The molecule has 1 aliphatic rings. The van der Waals surface area contributed by atoms with E-state index < -0.39 is 0 Å². The van der Waals surface area contributed by atoms with Crippen molar-refractivity contribution in [3.05, 3.63) is 64.5 Å². The molecule has 0 aliphatic carbocycles. The molecule has 4 heterocycles. The second kappa shape index (κ2) is 6.37. The van der Waals surface area contributed by atoms with Crippen molar-refractivity contribution < 1.29 is 9.21 Å². The summed E-state index contributed by atoms with van der Waals surface area (Å²) in [6.07, 6.45) is 2.04. The van der Waals surface area contributed by atoms with Gasteiger partial charge in [0.05, 0.1) is 16.3 Å². The molecule has 1 aliphatic heterocycles. The molecule has 0 saturated carbocycles. The van der Waals surface area contributed by atoms with Crippen LogP contribution in [0, 0.1) is 0 Å². The zero-order valence-electron chi connectivity index (χ0n) is 13.9. The summed E-state index contributed by atoms with van der Waals surface area (Å²) in [5.41, 5.74) is 0.953. The van der Waals surface area contributed by atoms with Crippen molar-refractivity contribution in [2.75, 3.05) is 6.54 Å². The van der Waals surface area contributed by atoms with Crippen LogP contribution in [0.1, 0.15) is 34.3 Å². The van der Waals surface area contributed by atoms with Crippen LogP contribution in [0.2, 0.25) is 0 Å². The third-order valence-electron chi connectivity index (χ3n) is 4.71. The van der Waals surface area contributed by atoms with Crippen molar-refractivity contribution in [2.45, 2.75) is 18.9 Å². The number of nitrogens with zero attached hydrogens (tertiary/aromatic N) is 2.